The van der Waals surface area contributed by atoms with Crippen LogP contribution in [0.3, 0.4) is 0 Å². The quantitative estimate of drug-likeness (QED) is 0.501. The first-order valence-electron chi connectivity index (χ1n) is 9.91. The molecule has 9 heteroatoms. The normalized spacial score (nSPS) is 20.0. The number of imide groups is 1. The minimum atomic E-state index is -1.19. The van der Waals surface area contributed by atoms with Crippen molar-refractivity contribution in [1.29, 1.82) is 0 Å². The van der Waals surface area contributed by atoms with Crippen molar-refractivity contribution in [2.75, 3.05) is 13.2 Å². The zero-order valence-corrected chi connectivity index (χ0v) is 17.9. The lowest BCUT2D eigenvalue weighted by Gasteiger charge is -2.33. The molecule has 1 fully saturated rings. The van der Waals surface area contributed by atoms with Crippen molar-refractivity contribution in [2.45, 2.75) is 25.8 Å². The number of aromatic nitrogens is 2. The molecule has 1 spiro atoms. The van der Waals surface area contributed by atoms with Gasteiger partial charge >= 0.3 is 6.03 Å². The molecule has 1 N–H and O–H groups in total. The van der Waals surface area contributed by atoms with Gasteiger partial charge < -0.3 is 10.1 Å². The molecule has 2 aromatic heterocycles. The standard InChI is InChI=1S/C22H20N4O4S/c1-13-11-15(14(2)26(13)21-23-8-10-31-21)17(27)12-25-19(28)22(24-20(25)29)7-9-30-18-6-4-3-5-16(18)22/h3-6,8,10-11H,7,9,12H2,1-2H3,(H,24,29)/t22-/m0/s1. The number of amides is 3. The Morgan fingerprint density at radius 2 is 2.10 bits per heavy atom. The van der Waals surface area contributed by atoms with Crippen LogP contribution in [0.5, 0.6) is 5.75 Å². The molecule has 4 heterocycles. The molecule has 1 saturated heterocycles. The number of Topliss-reactive ketones (excluding diaryl/α,β-unsaturated/α-hetero) is 1. The number of thiazole rings is 1. The summed E-state index contributed by atoms with van der Waals surface area (Å²) < 4.78 is 7.55. The molecule has 2 aliphatic heterocycles. The van der Waals surface area contributed by atoms with E-state index in [-0.39, 0.29) is 12.3 Å². The number of carbonyl (C=O) groups is 3. The van der Waals surface area contributed by atoms with E-state index in [9.17, 15) is 14.4 Å². The number of urea groups is 1. The zero-order valence-electron chi connectivity index (χ0n) is 17.0. The summed E-state index contributed by atoms with van der Waals surface area (Å²) in [5.74, 6) is -0.144. The number of para-hydroxylation sites is 1. The van der Waals surface area contributed by atoms with E-state index < -0.39 is 17.5 Å². The fourth-order valence-electron chi connectivity index (χ4n) is 4.41. The van der Waals surface area contributed by atoms with Gasteiger partial charge in [-0.25, -0.2) is 9.78 Å². The molecule has 2 aliphatic rings. The first-order valence-corrected chi connectivity index (χ1v) is 10.8. The molecule has 3 amide bonds. The summed E-state index contributed by atoms with van der Waals surface area (Å²) in [6.07, 6.45) is 2.02. The van der Waals surface area contributed by atoms with Crippen molar-refractivity contribution in [3.05, 3.63) is 64.4 Å². The second-order valence-corrected chi connectivity index (χ2v) is 8.55. The predicted molar refractivity (Wildman–Crippen MR) is 114 cm³/mol. The van der Waals surface area contributed by atoms with Gasteiger partial charge in [0.2, 0.25) is 0 Å². The van der Waals surface area contributed by atoms with Gasteiger partial charge in [0.1, 0.15) is 5.75 Å². The highest BCUT2D eigenvalue weighted by Gasteiger charge is 2.55. The Hall–Kier alpha value is -3.46. The zero-order chi connectivity index (χ0) is 21.8. The van der Waals surface area contributed by atoms with Crippen LogP contribution in [0, 0.1) is 13.8 Å². The lowest BCUT2D eigenvalue weighted by molar-refractivity contribution is -0.132. The average molecular weight is 436 g/mol. The number of aryl methyl sites for hydroxylation is 1. The number of hydrogen-bond donors (Lipinski definition) is 1. The molecule has 0 radical (unpaired) electrons. The van der Waals surface area contributed by atoms with Crippen LogP contribution in [-0.2, 0) is 10.3 Å². The molecular weight excluding hydrogens is 416 g/mol. The summed E-state index contributed by atoms with van der Waals surface area (Å²) in [5.41, 5.74) is 1.50. The van der Waals surface area contributed by atoms with Crippen LogP contribution in [0.4, 0.5) is 4.79 Å². The molecule has 1 aromatic carbocycles. The van der Waals surface area contributed by atoms with Crippen molar-refractivity contribution in [2.24, 2.45) is 0 Å². The van der Waals surface area contributed by atoms with Gasteiger partial charge in [0.15, 0.2) is 16.5 Å². The fraction of sp³-hybridized carbons (Fsp3) is 0.273. The molecule has 0 unspecified atom stereocenters. The number of hydrogen-bond acceptors (Lipinski definition) is 6. The highest BCUT2D eigenvalue weighted by atomic mass is 32.1. The third-order valence-corrected chi connectivity index (χ3v) is 6.66. The average Bonchev–Trinajstić information content (AvgIpc) is 3.43. The maximum Gasteiger partial charge on any atom is 0.325 e. The number of ketones is 1. The molecule has 5 rings (SSSR count). The van der Waals surface area contributed by atoms with Crippen LogP contribution in [0.2, 0.25) is 0 Å². The van der Waals surface area contributed by atoms with Crippen LogP contribution >= 0.6 is 11.3 Å². The van der Waals surface area contributed by atoms with Gasteiger partial charge in [-0.15, -0.1) is 11.3 Å². The first kappa shape index (κ1) is 19.5. The molecular formula is C22H20N4O4S. The van der Waals surface area contributed by atoms with Crippen molar-refractivity contribution in [1.82, 2.24) is 19.8 Å². The largest absolute Gasteiger partial charge is 0.493 e. The van der Waals surface area contributed by atoms with Gasteiger partial charge in [0.25, 0.3) is 5.91 Å². The van der Waals surface area contributed by atoms with Crippen molar-refractivity contribution >= 4 is 29.1 Å². The van der Waals surface area contributed by atoms with Gasteiger partial charge in [-0.1, -0.05) is 18.2 Å². The Morgan fingerprint density at radius 3 is 2.87 bits per heavy atom. The highest BCUT2D eigenvalue weighted by molar-refractivity contribution is 7.12. The van der Waals surface area contributed by atoms with Crippen molar-refractivity contribution in [3.8, 4) is 10.9 Å². The Morgan fingerprint density at radius 1 is 1.29 bits per heavy atom. The Balaban J connectivity index is 1.45. The Kier molecular flexibility index (Phi) is 4.44. The number of carbonyl (C=O) groups excluding carboxylic acids is 3. The maximum absolute atomic E-state index is 13.4. The summed E-state index contributed by atoms with van der Waals surface area (Å²) in [7, 11) is 0. The summed E-state index contributed by atoms with van der Waals surface area (Å²) >= 11 is 1.47. The van der Waals surface area contributed by atoms with Gasteiger partial charge in [-0.3, -0.25) is 19.1 Å². The van der Waals surface area contributed by atoms with Crippen molar-refractivity contribution in [3.63, 3.8) is 0 Å². The van der Waals surface area contributed by atoms with Gasteiger partial charge in [0.05, 0.1) is 13.2 Å². The van der Waals surface area contributed by atoms with Gasteiger partial charge in [0, 0.05) is 40.5 Å². The second-order valence-electron chi connectivity index (χ2n) is 7.68. The van der Waals surface area contributed by atoms with E-state index in [0.29, 0.717) is 29.9 Å². The lowest BCUT2D eigenvalue weighted by Crippen LogP contribution is -2.47. The monoisotopic (exact) mass is 436 g/mol. The van der Waals surface area contributed by atoms with Crippen molar-refractivity contribution < 1.29 is 19.1 Å². The second kappa shape index (κ2) is 7.05. The van der Waals surface area contributed by atoms with E-state index in [1.807, 2.05) is 29.9 Å². The molecule has 0 aliphatic carbocycles. The molecule has 31 heavy (non-hydrogen) atoms. The molecule has 0 saturated carbocycles. The summed E-state index contributed by atoms with van der Waals surface area (Å²) in [4.78, 5) is 44.6. The Bertz CT molecular complexity index is 1220. The van der Waals surface area contributed by atoms with Crippen LogP contribution in [0.1, 0.15) is 33.7 Å². The van der Waals surface area contributed by atoms with Crippen LogP contribution in [0.25, 0.3) is 5.13 Å². The van der Waals surface area contributed by atoms with E-state index in [2.05, 4.69) is 10.3 Å². The van der Waals surface area contributed by atoms with E-state index >= 15 is 0 Å². The smallest absolute Gasteiger partial charge is 0.325 e. The number of rotatable bonds is 4. The fourth-order valence-corrected chi connectivity index (χ4v) is 5.16. The molecule has 0 bridgehead atoms. The van der Waals surface area contributed by atoms with E-state index in [1.54, 1.807) is 30.5 Å². The topological polar surface area (TPSA) is 93.5 Å². The molecule has 158 valence electrons. The minimum absolute atomic E-state index is 0.295. The number of benzene rings is 1. The van der Waals surface area contributed by atoms with Crippen LogP contribution < -0.4 is 10.1 Å². The maximum atomic E-state index is 13.4. The third kappa shape index (κ3) is 2.88. The van der Waals surface area contributed by atoms with E-state index in [1.165, 1.54) is 11.3 Å². The summed E-state index contributed by atoms with van der Waals surface area (Å²) in [6.45, 7) is 3.72. The SMILES string of the molecule is Cc1cc(C(=O)CN2C(=O)N[C@]3(CCOc4ccccc43)C2=O)c(C)n1-c1nccs1. The molecule has 3 aromatic rings. The van der Waals surface area contributed by atoms with Crippen LogP contribution in [0.15, 0.2) is 41.9 Å². The van der Waals surface area contributed by atoms with Gasteiger partial charge in [-0.2, -0.15) is 0 Å². The molecule has 8 nitrogen and oxygen atoms in total. The summed E-state index contributed by atoms with van der Waals surface area (Å²) in [6, 6.07) is 8.38. The minimum Gasteiger partial charge on any atom is -0.493 e. The number of ether oxygens (including phenoxy) is 1. The summed E-state index contributed by atoms with van der Waals surface area (Å²) in [5, 5.41) is 5.46. The van der Waals surface area contributed by atoms with E-state index in [0.717, 1.165) is 21.4 Å². The molecule has 1 atom stereocenters. The lowest BCUT2D eigenvalue weighted by atomic mass is 9.84. The number of nitrogens with one attached hydrogen (secondary N) is 1. The van der Waals surface area contributed by atoms with E-state index in [4.69, 9.17) is 4.74 Å². The third-order valence-electron chi connectivity index (χ3n) is 5.90. The van der Waals surface area contributed by atoms with Crippen LogP contribution in [-0.4, -0.2) is 45.3 Å². The number of fused-ring (bicyclic) bond motifs is 2. The first-order chi connectivity index (χ1) is 14.9. The predicted octanol–water partition coefficient (Wildman–Crippen LogP) is 2.96. The Labute approximate surface area is 182 Å². The highest BCUT2D eigenvalue weighted by Crippen LogP contribution is 2.41. The number of nitrogens with zero attached hydrogens (tertiary/aromatic N) is 3. The van der Waals surface area contributed by atoms with Gasteiger partial charge in [-0.05, 0) is 26.0 Å².